The number of aromatic nitrogens is 3. The van der Waals surface area contributed by atoms with Crippen molar-refractivity contribution in [2.24, 2.45) is 4.99 Å². The van der Waals surface area contributed by atoms with Crippen molar-refractivity contribution in [3.8, 4) is 0 Å². The molecule has 156 valence electrons. The molecule has 0 spiro atoms. The number of methoxy groups -OCH3 is 1. The second-order valence-electron chi connectivity index (χ2n) is 6.03. The van der Waals surface area contributed by atoms with Crippen molar-refractivity contribution >= 4 is 35.6 Å². The molecular weight excluding hydrogens is 469 g/mol. The molecule has 8 nitrogen and oxygen atoms in total. The maximum Gasteiger partial charge on any atom is 0.191 e. The van der Waals surface area contributed by atoms with Crippen molar-refractivity contribution in [2.75, 3.05) is 38.7 Å². The number of nitrogens with zero attached hydrogens (tertiary/aromatic N) is 4. The monoisotopic (exact) mass is 501 g/mol. The standard InChI is InChI=1S/C19H31N7O.HI/c1-4-18-25-24-15-26(18)12-10-22-19(20-5-2)23-14-16-6-8-17(9-7-16)21-11-13-27-3;/h6-9,15,21H,4-5,10-14H2,1-3H3,(H2,20,22,23);1H. The number of hydrogen-bond donors (Lipinski definition) is 3. The van der Waals surface area contributed by atoms with Gasteiger partial charge in [-0.15, -0.1) is 34.2 Å². The van der Waals surface area contributed by atoms with Crippen molar-refractivity contribution in [2.45, 2.75) is 33.4 Å². The Kier molecular flexibility index (Phi) is 12.2. The predicted molar refractivity (Wildman–Crippen MR) is 124 cm³/mol. The first-order chi connectivity index (χ1) is 13.3. The molecule has 28 heavy (non-hydrogen) atoms. The summed E-state index contributed by atoms with van der Waals surface area (Å²) in [6.07, 6.45) is 2.65. The molecule has 0 aliphatic rings. The maximum atomic E-state index is 5.04. The fourth-order valence-electron chi connectivity index (χ4n) is 2.57. The molecule has 1 aromatic carbocycles. The number of nitrogens with one attached hydrogen (secondary N) is 3. The molecule has 0 atom stereocenters. The number of ether oxygens (including phenoxy) is 1. The normalized spacial score (nSPS) is 11.0. The SMILES string of the molecule is CCNC(=NCc1ccc(NCCOC)cc1)NCCn1cnnc1CC.I. The van der Waals surface area contributed by atoms with Gasteiger partial charge in [-0.05, 0) is 24.6 Å². The molecule has 0 aliphatic carbocycles. The Morgan fingerprint density at radius 1 is 1.14 bits per heavy atom. The zero-order valence-electron chi connectivity index (χ0n) is 16.9. The Morgan fingerprint density at radius 2 is 1.93 bits per heavy atom. The second kappa shape index (κ2) is 14.2. The molecule has 2 rings (SSSR count). The summed E-state index contributed by atoms with van der Waals surface area (Å²) in [4.78, 5) is 4.66. The lowest BCUT2D eigenvalue weighted by Gasteiger charge is -2.12. The van der Waals surface area contributed by atoms with E-state index in [1.807, 2.05) is 0 Å². The quantitative estimate of drug-likeness (QED) is 0.190. The summed E-state index contributed by atoms with van der Waals surface area (Å²) in [5.74, 6) is 1.81. The van der Waals surface area contributed by atoms with Crippen molar-refractivity contribution in [1.29, 1.82) is 0 Å². The predicted octanol–water partition coefficient (Wildman–Crippen LogP) is 2.27. The fraction of sp³-hybridized carbons (Fsp3) is 0.526. The Balaban J connectivity index is 0.00000392. The third kappa shape index (κ3) is 8.42. The molecule has 0 saturated heterocycles. The van der Waals surface area contributed by atoms with Gasteiger partial charge in [0.1, 0.15) is 12.2 Å². The zero-order valence-corrected chi connectivity index (χ0v) is 19.3. The summed E-state index contributed by atoms with van der Waals surface area (Å²) in [7, 11) is 1.70. The minimum absolute atomic E-state index is 0. The van der Waals surface area contributed by atoms with Crippen LogP contribution in [0.1, 0.15) is 25.2 Å². The Morgan fingerprint density at radius 3 is 2.61 bits per heavy atom. The van der Waals surface area contributed by atoms with Crippen LogP contribution < -0.4 is 16.0 Å². The Hall–Kier alpha value is -1.88. The number of anilines is 1. The molecule has 3 N–H and O–H groups in total. The lowest BCUT2D eigenvalue weighted by molar-refractivity contribution is 0.211. The topological polar surface area (TPSA) is 88.4 Å². The lowest BCUT2D eigenvalue weighted by atomic mass is 10.2. The summed E-state index contributed by atoms with van der Waals surface area (Å²) in [5, 5.41) is 18.0. The third-order valence-corrected chi connectivity index (χ3v) is 4.01. The number of rotatable bonds is 11. The Bertz CT molecular complexity index is 688. The first-order valence-corrected chi connectivity index (χ1v) is 9.47. The first-order valence-electron chi connectivity index (χ1n) is 9.47. The summed E-state index contributed by atoms with van der Waals surface area (Å²) in [6, 6.07) is 8.32. The molecule has 0 aliphatic heterocycles. The molecular formula is C19H32IN7O. The van der Waals surface area contributed by atoms with Crippen LogP contribution in [-0.2, 0) is 24.2 Å². The van der Waals surface area contributed by atoms with Gasteiger partial charge in [0.15, 0.2) is 5.96 Å². The van der Waals surface area contributed by atoms with Crippen LogP contribution in [0.4, 0.5) is 5.69 Å². The molecule has 1 aromatic heterocycles. The van der Waals surface area contributed by atoms with Crippen LogP contribution in [0.15, 0.2) is 35.6 Å². The van der Waals surface area contributed by atoms with Crippen molar-refractivity contribution in [3.63, 3.8) is 0 Å². The molecule has 0 amide bonds. The average molecular weight is 501 g/mol. The van der Waals surface area contributed by atoms with Crippen LogP contribution in [0, 0.1) is 0 Å². The van der Waals surface area contributed by atoms with E-state index in [1.165, 1.54) is 0 Å². The van der Waals surface area contributed by atoms with Crippen LogP contribution in [0.2, 0.25) is 0 Å². The van der Waals surface area contributed by atoms with Gasteiger partial charge in [-0.1, -0.05) is 19.1 Å². The van der Waals surface area contributed by atoms with E-state index in [4.69, 9.17) is 4.74 Å². The molecule has 9 heteroatoms. The highest BCUT2D eigenvalue weighted by molar-refractivity contribution is 14.0. The van der Waals surface area contributed by atoms with Gasteiger partial charge in [0.25, 0.3) is 0 Å². The number of aliphatic imine (C=N–C) groups is 1. The van der Waals surface area contributed by atoms with Gasteiger partial charge in [-0.3, -0.25) is 0 Å². The van der Waals surface area contributed by atoms with E-state index in [2.05, 4.69) is 73.8 Å². The minimum atomic E-state index is 0. The largest absolute Gasteiger partial charge is 0.383 e. The van der Waals surface area contributed by atoms with Crippen LogP contribution in [-0.4, -0.2) is 54.1 Å². The lowest BCUT2D eigenvalue weighted by Crippen LogP contribution is -2.38. The Labute approximate surface area is 184 Å². The van der Waals surface area contributed by atoms with E-state index < -0.39 is 0 Å². The molecule has 1 heterocycles. The number of guanidine groups is 1. The van der Waals surface area contributed by atoms with E-state index in [0.717, 1.165) is 55.6 Å². The van der Waals surface area contributed by atoms with Gasteiger partial charge in [-0.25, -0.2) is 4.99 Å². The van der Waals surface area contributed by atoms with Crippen LogP contribution in [0.5, 0.6) is 0 Å². The van der Waals surface area contributed by atoms with Crippen molar-refractivity contribution in [3.05, 3.63) is 42.0 Å². The molecule has 2 aromatic rings. The number of benzene rings is 1. The van der Waals surface area contributed by atoms with Crippen LogP contribution >= 0.6 is 24.0 Å². The van der Waals surface area contributed by atoms with Crippen LogP contribution in [0.3, 0.4) is 0 Å². The number of hydrogen-bond acceptors (Lipinski definition) is 5. The van der Waals surface area contributed by atoms with Gasteiger partial charge in [0.2, 0.25) is 0 Å². The molecule has 0 fully saturated rings. The highest BCUT2D eigenvalue weighted by Gasteiger charge is 2.02. The van der Waals surface area contributed by atoms with Gasteiger partial charge in [-0.2, -0.15) is 0 Å². The number of aryl methyl sites for hydroxylation is 1. The van der Waals surface area contributed by atoms with E-state index in [9.17, 15) is 0 Å². The minimum Gasteiger partial charge on any atom is -0.383 e. The second-order valence-corrected chi connectivity index (χ2v) is 6.03. The first kappa shape index (κ1) is 24.2. The fourth-order valence-corrected chi connectivity index (χ4v) is 2.57. The van der Waals surface area contributed by atoms with E-state index in [1.54, 1.807) is 13.4 Å². The van der Waals surface area contributed by atoms with Crippen molar-refractivity contribution in [1.82, 2.24) is 25.4 Å². The summed E-state index contributed by atoms with van der Waals surface area (Å²) in [5.41, 5.74) is 2.25. The summed E-state index contributed by atoms with van der Waals surface area (Å²) >= 11 is 0. The van der Waals surface area contributed by atoms with E-state index >= 15 is 0 Å². The molecule has 0 bridgehead atoms. The maximum absolute atomic E-state index is 5.04. The van der Waals surface area contributed by atoms with E-state index in [-0.39, 0.29) is 24.0 Å². The molecule has 0 radical (unpaired) electrons. The zero-order chi connectivity index (χ0) is 19.3. The van der Waals surface area contributed by atoms with Gasteiger partial charge >= 0.3 is 0 Å². The van der Waals surface area contributed by atoms with Gasteiger partial charge in [0.05, 0.1) is 13.2 Å². The molecule has 0 unspecified atom stereocenters. The molecule has 0 saturated carbocycles. The van der Waals surface area contributed by atoms with Crippen molar-refractivity contribution < 1.29 is 4.74 Å². The van der Waals surface area contributed by atoms with Crippen LogP contribution in [0.25, 0.3) is 0 Å². The third-order valence-electron chi connectivity index (χ3n) is 4.01. The smallest absolute Gasteiger partial charge is 0.191 e. The van der Waals surface area contributed by atoms with Gasteiger partial charge < -0.3 is 25.3 Å². The summed E-state index contributed by atoms with van der Waals surface area (Å²) in [6.45, 7) is 8.65. The highest BCUT2D eigenvalue weighted by Crippen LogP contribution is 2.10. The summed E-state index contributed by atoms with van der Waals surface area (Å²) < 4.78 is 7.10. The highest BCUT2D eigenvalue weighted by atomic mass is 127. The van der Waals surface area contributed by atoms with E-state index in [0.29, 0.717) is 13.2 Å². The number of halogens is 1. The van der Waals surface area contributed by atoms with Gasteiger partial charge in [0, 0.05) is 45.4 Å². The average Bonchev–Trinajstić information content (AvgIpc) is 3.15.